The fourth-order valence-corrected chi connectivity index (χ4v) is 3.14. The largest absolute Gasteiger partial charge is 0.481 e. The van der Waals surface area contributed by atoms with Gasteiger partial charge in [-0.1, -0.05) is 24.3 Å². The van der Waals surface area contributed by atoms with Gasteiger partial charge in [-0.3, -0.25) is 4.79 Å². The fraction of sp³-hybridized carbons (Fsp3) is 0.304. The highest BCUT2D eigenvalue weighted by Crippen LogP contribution is 2.37. The summed E-state index contributed by atoms with van der Waals surface area (Å²) in [4.78, 5) is 18.4. The number of hydrogen-bond donors (Lipinski definition) is 0. The van der Waals surface area contributed by atoms with Crippen LogP contribution in [0.4, 0.5) is 0 Å². The summed E-state index contributed by atoms with van der Waals surface area (Å²) >= 11 is 0. The van der Waals surface area contributed by atoms with E-state index in [0.717, 1.165) is 21.9 Å². The molecule has 0 radical (unpaired) electrons. The molecule has 0 aliphatic rings. The standard InChI is InChI=1S/C23H26N2O3/c1-5-25(4)23(26)16(3)28-18-14-17-10-7-8-11-19(17)21(15-18)20-12-9-13-24-22(20)27-6-2/h7-16H,5-6H2,1-4H3. The summed E-state index contributed by atoms with van der Waals surface area (Å²) in [5.41, 5.74) is 1.86. The highest BCUT2D eigenvalue weighted by Gasteiger charge is 2.19. The van der Waals surface area contributed by atoms with Crippen LogP contribution >= 0.6 is 0 Å². The molecule has 0 saturated heterocycles. The number of likely N-dealkylation sites (N-methyl/N-ethyl adjacent to an activating group) is 1. The van der Waals surface area contributed by atoms with Gasteiger partial charge in [0.1, 0.15) is 5.75 Å². The van der Waals surface area contributed by atoms with Gasteiger partial charge >= 0.3 is 0 Å². The van der Waals surface area contributed by atoms with Crippen LogP contribution in [-0.4, -0.2) is 42.1 Å². The van der Waals surface area contributed by atoms with Crippen LogP contribution < -0.4 is 9.47 Å². The summed E-state index contributed by atoms with van der Waals surface area (Å²) in [5.74, 6) is 1.18. The van der Waals surface area contributed by atoms with Gasteiger partial charge in [0.25, 0.3) is 5.91 Å². The molecular weight excluding hydrogens is 352 g/mol. The molecule has 1 heterocycles. The number of benzene rings is 2. The van der Waals surface area contributed by atoms with Crippen LogP contribution in [0.15, 0.2) is 54.7 Å². The summed E-state index contributed by atoms with van der Waals surface area (Å²) in [6, 6.07) is 15.9. The Labute approximate surface area is 165 Å². The first-order valence-corrected chi connectivity index (χ1v) is 9.57. The third-order valence-corrected chi connectivity index (χ3v) is 4.69. The van der Waals surface area contributed by atoms with Crippen LogP contribution in [0.1, 0.15) is 20.8 Å². The zero-order valence-corrected chi connectivity index (χ0v) is 16.8. The minimum Gasteiger partial charge on any atom is -0.481 e. The quantitative estimate of drug-likeness (QED) is 0.605. The SMILES string of the molecule is CCOc1ncccc1-c1cc(OC(C)C(=O)N(C)CC)cc2ccccc12. The van der Waals surface area contributed by atoms with E-state index in [1.165, 1.54) is 0 Å². The number of ether oxygens (including phenoxy) is 2. The number of amides is 1. The van der Waals surface area contributed by atoms with Crippen molar-refractivity contribution in [1.82, 2.24) is 9.88 Å². The first-order valence-electron chi connectivity index (χ1n) is 9.57. The molecule has 0 aliphatic carbocycles. The molecular formula is C23H26N2O3. The lowest BCUT2D eigenvalue weighted by Gasteiger charge is -2.21. The summed E-state index contributed by atoms with van der Waals surface area (Å²) in [6.07, 6.45) is 1.15. The topological polar surface area (TPSA) is 51.7 Å². The number of rotatable bonds is 7. The molecule has 0 N–H and O–H groups in total. The summed E-state index contributed by atoms with van der Waals surface area (Å²) in [5, 5.41) is 2.11. The van der Waals surface area contributed by atoms with Gasteiger partial charge < -0.3 is 14.4 Å². The highest BCUT2D eigenvalue weighted by molar-refractivity contribution is 5.99. The Kier molecular flexibility index (Phi) is 6.14. The summed E-state index contributed by atoms with van der Waals surface area (Å²) < 4.78 is 11.7. The summed E-state index contributed by atoms with van der Waals surface area (Å²) in [7, 11) is 1.78. The van der Waals surface area contributed by atoms with Crippen LogP contribution in [0.2, 0.25) is 0 Å². The first kappa shape index (κ1) is 19.7. The van der Waals surface area contributed by atoms with Gasteiger partial charge in [0, 0.05) is 25.4 Å². The van der Waals surface area contributed by atoms with Gasteiger partial charge in [0.15, 0.2) is 6.10 Å². The van der Waals surface area contributed by atoms with Crippen molar-refractivity contribution in [1.29, 1.82) is 0 Å². The Morgan fingerprint density at radius 3 is 2.64 bits per heavy atom. The Morgan fingerprint density at radius 2 is 1.89 bits per heavy atom. The van der Waals surface area contributed by atoms with Gasteiger partial charge in [-0.2, -0.15) is 0 Å². The molecule has 5 heteroatoms. The van der Waals surface area contributed by atoms with E-state index < -0.39 is 6.10 Å². The lowest BCUT2D eigenvalue weighted by atomic mass is 9.98. The van der Waals surface area contributed by atoms with E-state index in [4.69, 9.17) is 9.47 Å². The van der Waals surface area contributed by atoms with Crippen LogP contribution in [0.25, 0.3) is 21.9 Å². The first-order chi connectivity index (χ1) is 13.5. The molecule has 1 amide bonds. The molecule has 0 saturated carbocycles. The molecule has 28 heavy (non-hydrogen) atoms. The Balaban J connectivity index is 2.07. The van der Waals surface area contributed by atoms with Gasteiger partial charge in [-0.25, -0.2) is 4.98 Å². The lowest BCUT2D eigenvalue weighted by molar-refractivity contribution is -0.136. The number of pyridine rings is 1. The van der Waals surface area contributed by atoms with Crippen LogP contribution in [-0.2, 0) is 4.79 Å². The van der Waals surface area contributed by atoms with Crippen LogP contribution in [0.5, 0.6) is 11.6 Å². The molecule has 5 nitrogen and oxygen atoms in total. The van der Waals surface area contributed by atoms with Crippen molar-refractivity contribution in [3.8, 4) is 22.8 Å². The lowest BCUT2D eigenvalue weighted by Crippen LogP contribution is -2.37. The molecule has 3 aromatic rings. The fourth-order valence-electron chi connectivity index (χ4n) is 3.14. The second-order valence-corrected chi connectivity index (χ2v) is 6.59. The Hall–Kier alpha value is -3.08. The molecule has 0 bridgehead atoms. The predicted octanol–water partition coefficient (Wildman–Crippen LogP) is 4.55. The van der Waals surface area contributed by atoms with E-state index >= 15 is 0 Å². The van der Waals surface area contributed by atoms with Crippen molar-refractivity contribution in [2.24, 2.45) is 0 Å². The van der Waals surface area contributed by atoms with Crippen molar-refractivity contribution in [2.45, 2.75) is 26.9 Å². The van der Waals surface area contributed by atoms with E-state index in [-0.39, 0.29) is 5.91 Å². The zero-order valence-electron chi connectivity index (χ0n) is 16.8. The zero-order chi connectivity index (χ0) is 20.1. The molecule has 1 atom stereocenters. The monoisotopic (exact) mass is 378 g/mol. The molecule has 0 fully saturated rings. The van der Waals surface area contributed by atoms with Crippen LogP contribution in [0.3, 0.4) is 0 Å². The normalized spacial score (nSPS) is 11.9. The molecule has 0 spiro atoms. The van der Waals surface area contributed by atoms with Gasteiger partial charge in [-0.05, 0) is 61.4 Å². The van der Waals surface area contributed by atoms with E-state index in [2.05, 4.69) is 11.1 Å². The average Bonchev–Trinajstić information content (AvgIpc) is 2.72. The Morgan fingerprint density at radius 1 is 1.11 bits per heavy atom. The smallest absolute Gasteiger partial charge is 0.263 e. The number of aromatic nitrogens is 1. The van der Waals surface area contributed by atoms with Crippen molar-refractivity contribution in [2.75, 3.05) is 20.2 Å². The third kappa shape index (κ3) is 4.09. The maximum atomic E-state index is 12.4. The van der Waals surface area contributed by atoms with Crippen molar-refractivity contribution in [3.05, 3.63) is 54.7 Å². The van der Waals surface area contributed by atoms with Gasteiger partial charge in [0.2, 0.25) is 5.88 Å². The van der Waals surface area contributed by atoms with Crippen LogP contribution in [0, 0.1) is 0 Å². The number of hydrogen-bond acceptors (Lipinski definition) is 4. The maximum Gasteiger partial charge on any atom is 0.263 e. The number of carbonyl (C=O) groups excluding carboxylic acids is 1. The second-order valence-electron chi connectivity index (χ2n) is 6.59. The predicted molar refractivity (Wildman–Crippen MR) is 112 cm³/mol. The second kappa shape index (κ2) is 8.74. The van der Waals surface area contributed by atoms with E-state index in [1.807, 2.05) is 56.3 Å². The van der Waals surface area contributed by atoms with E-state index in [1.54, 1.807) is 25.1 Å². The molecule has 3 rings (SSSR count). The minimum atomic E-state index is -0.570. The number of nitrogens with zero attached hydrogens (tertiary/aromatic N) is 2. The van der Waals surface area contributed by atoms with Gasteiger partial charge in [0.05, 0.1) is 6.61 Å². The van der Waals surface area contributed by atoms with E-state index in [0.29, 0.717) is 24.8 Å². The highest BCUT2D eigenvalue weighted by atomic mass is 16.5. The summed E-state index contributed by atoms with van der Waals surface area (Å²) in [6.45, 7) is 6.83. The van der Waals surface area contributed by atoms with Gasteiger partial charge in [-0.15, -0.1) is 0 Å². The number of carbonyl (C=O) groups is 1. The molecule has 2 aromatic carbocycles. The number of fused-ring (bicyclic) bond motifs is 1. The van der Waals surface area contributed by atoms with Crippen molar-refractivity contribution >= 4 is 16.7 Å². The van der Waals surface area contributed by atoms with E-state index in [9.17, 15) is 4.79 Å². The average molecular weight is 378 g/mol. The maximum absolute atomic E-state index is 12.4. The third-order valence-electron chi connectivity index (χ3n) is 4.69. The molecule has 0 aliphatic heterocycles. The molecule has 1 unspecified atom stereocenters. The molecule has 146 valence electrons. The minimum absolute atomic E-state index is 0.0476. The molecule has 1 aromatic heterocycles. The van der Waals surface area contributed by atoms with Crippen molar-refractivity contribution < 1.29 is 14.3 Å². The Bertz CT molecular complexity index is 971. The van der Waals surface area contributed by atoms with Crippen molar-refractivity contribution in [3.63, 3.8) is 0 Å².